The van der Waals surface area contributed by atoms with Gasteiger partial charge in [-0.1, -0.05) is 23.7 Å². The van der Waals surface area contributed by atoms with Gasteiger partial charge >= 0.3 is 0 Å². The smallest absolute Gasteiger partial charge is 0.158 e. The van der Waals surface area contributed by atoms with Gasteiger partial charge in [-0.25, -0.2) is 13.9 Å². The Labute approximate surface area is 180 Å². The summed E-state index contributed by atoms with van der Waals surface area (Å²) in [6.45, 7) is 0.207. The second kappa shape index (κ2) is 8.81. The predicted octanol–water partition coefficient (Wildman–Crippen LogP) is 4.72. The van der Waals surface area contributed by atoms with Crippen molar-refractivity contribution >= 4 is 39.4 Å². The highest BCUT2D eigenvalue weighted by Gasteiger charge is 2.12. The first-order valence-electron chi connectivity index (χ1n) is 9.04. The van der Waals surface area contributed by atoms with Gasteiger partial charge in [0, 0.05) is 28.9 Å². The molecule has 2 aromatic heterocycles. The molecule has 6 nitrogen and oxygen atoms in total. The van der Waals surface area contributed by atoms with E-state index in [2.05, 4.69) is 15.4 Å². The number of anilines is 2. The van der Waals surface area contributed by atoms with Crippen molar-refractivity contribution in [3.05, 3.63) is 83.0 Å². The third-order valence-corrected chi connectivity index (χ3v) is 5.39. The maximum Gasteiger partial charge on any atom is 0.158 e. The Morgan fingerprint density at radius 1 is 1.23 bits per heavy atom. The van der Waals surface area contributed by atoms with Crippen LogP contribution in [0.3, 0.4) is 0 Å². The van der Waals surface area contributed by atoms with Gasteiger partial charge in [0.1, 0.15) is 30.0 Å². The molecule has 0 bridgehead atoms. The molecule has 2 aromatic carbocycles. The Balaban J connectivity index is 1.54. The molecule has 0 amide bonds. The summed E-state index contributed by atoms with van der Waals surface area (Å²) in [6, 6.07) is 13.4. The van der Waals surface area contributed by atoms with E-state index in [-0.39, 0.29) is 12.4 Å². The van der Waals surface area contributed by atoms with Crippen LogP contribution in [-0.2, 0) is 23.2 Å². The Bertz CT molecular complexity index is 1230. The molecule has 154 valence electrons. The molecule has 0 saturated carbocycles. The lowest BCUT2D eigenvalue weighted by Gasteiger charge is -2.12. The van der Waals surface area contributed by atoms with Gasteiger partial charge < -0.3 is 10.1 Å². The van der Waals surface area contributed by atoms with E-state index in [1.54, 1.807) is 41.2 Å². The zero-order valence-corrected chi connectivity index (χ0v) is 17.6. The Morgan fingerprint density at radius 3 is 2.87 bits per heavy atom. The molecule has 4 aromatic rings. The SMILES string of the molecule is CS(=O)Cc1ccn2ncnc(Nc3ccc(OCc4cccc(F)c4)c(Cl)c3)c12. The highest BCUT2D eigenvalue weighted by Crippen LogP contribution is 2.31. The fourth-order valence-corrected chi connectivity index (χ4v) is 3.97. The maximum atomic E-state index is 13.3. The maximum absolute atomic E-state index is 13.3. The highest BCUT2D eigenvalue weighted by atomic mass is 35.5. The average Bonchev–Trinajstić information content (AvgIpc) is 3.11. The van der Waals surface area contributed by atoms with Gasteiger partial charge in [0.2, 0.25) is 0 Å². The summed E-state index contributed by atoms with van der Waals surface area (Å²) < 4.78 is 32.4. The molecule has 0 fully saturated rings. The normalized spacial score (nSPS) is 12.1. The Morgan fingerprint density at radius 2 is 2.10 bits per heavy atom. The minimum Gasteiger partial charge on any atom is -0.487 e. The lowest BCUT2D eigenvalue weighted by atomic mass is 10.2. The van der Waals surface area contributed by atoms with Crippen LogP contribution in [0.1, 0.15) is 11.1 Å². The predicted molar refractivity (Wildman–Crippen MR) is 116 cm³/mol. The van der Waals surface area contributed by atoms with Crippen molar-refractivity contribution in [2.24, 2.45) is 0 Å². The third kappa shape index (κ3) is 4.60. The van der Waals surface area contributed by atoms with Crippen molar-refractivity contribution in [1.29, 1.82) is 0 Å². The number of hydrogen-bond acceptors (Lipinski definition) is 5. The number of nitrogens with zero attached hydrogens (tertiary/aromatic N) is 3. The minimum atomic E-state index is -0.990. The van der Waals surface area contributed by atoms with Gasteiger partial charge in [0.15, 0.2) is 5.82 Å². The fraction of sp³-hybridized carbons (Fsp3) is 0.143. The standard InChI is InChI=1S/C21H18ClFN4O2S/c1-30(28)12-15-7-8-27-20(15)21(24-13-25-27)26-17-5-6-19(18(22)10-17)29-11-14-3-2-4-16(23)9-14/h2-10,13H,11-12H2,1H3,(H,24,25,26). The molecule has 1 atom stereocenters. The molecule has 1 N–H and O–H groups in total. The van der Waals surface area contributed by atoms with E-state index in [0.717, 1.165) is 11.1 Å². The van der Waals surface area contributed by atoms with Gasteiger partial charge in [-0.05, 0) is 47.5 Å². The van der Waals surface area contributed by atoms with E-state index in [1.165, 1.54) is 18.5 Å². The van der Waals surface area contributed by atoms with Gasteiger partial charge in [-0.2, -0.15) is 5.10 Å². The highest BCUT2D eigenvalue weighted by molar-refractivity contribution is 7.83. The van der Waals surface area contributed by atoms with Crippen LogP contribution in [0.15, 0.2) is 61.1 Å². The molecule has 0 aliphatic heterocycles. The summed E-state index contributed by atoms with van der Waals surface area (Å²) in [5, 5.41) is 7.84. The van der Waals surface area contributed by atoms with E-state index in [0.29, 0.717) is 33.6 Å². The monoisotopic (exact) mass is 444 g/mol. The van der Waals surface area contributed by atoms with E-state index in [1.807, 2.05) is 12.1 Å². The van der Waals surface area contributed by atoms with E-state index in [4.69, 9.17) is 16.3 Å². The summed E-state index contributed by atoms with van der Waals surface area (Å²) in [6.07, 6.45) is 4.91. The largest absolute Gasteiger partial charge is 0.487 e. The van der Waals surface area contributed by atoms with Crippen LogP contribution in [0.25, 0.3) is 5.52 Å². The van der Waals surface area contributed by atoms with Crippen molar-refractivity contribution in [3.8, 4) is 5.75 Å². The lowest BCUT2D eigenvalue weighted by Crippen LogP contribution is -2.02. The lowest BCUT2D eigenvalue weighted by molar-refractivity contribution is 0.306. The van der Waals surface area contributed by atoms with Crippen LogP contribution in [0.5, 0.6) is 5.75 Å². The van der Waals surface area contributed by atoms with Crippen molar-refractivity contribution in [1.82, 2.24) is 14.6 Å². The topological polar surface area (TPSA) is 68.5 Å². The van der Waals surface area contributed by atoms with Crippen molar-refractivity contribution in [2.45, 2.75) is 12.4 Å². The first kappa shape index (κ1) is 20.3. The molecule has 0 radical (unpaired) electrons. The minimum absolute atomic E-state index is 0.207. The fourth-order valence-electron chi connectivity index (χ4n) is 3.07. The van der Waals surface area contributed by atoms with Crippen molar-refractivity contribution in [3.63, 3.8) is 0 Å². The van der Waals surface area contributed by atoms with E-state index >= 15 is 0 Å². The molecule has 0 saturated heterocycles. The molecular formula is C21H18ClFN4O2S. The molecule has 1 unspecified atom stereocenters. The number of hydrogen-bond donors (Lipinski definition) is 1. The Hall–Kier alpha value is -2.97. The third-order valence-electron chi connectivity index (χ3n) is 4.37. The molecule has 0 aliphatic rings. The molecule has 9 heteroatoms. The van der Waals surface area contributed by atoms with Gasteiger partial charge in [-0.3, -0.25) is 4.21 Å². The summed E-state index contributed by atoms with van der Waals surface area (Å²) in [4.78, 5) is 4.33. The average molecular weight is 445 g/mol. The van der Waals surface area contributed by atoms with Crippen LogP contribution in [0, 0.1) is 5.82 Å². The van der Waals surface area contributed by atoms with Gasteiger partial charge in [0.05, 0.1) is 10.8 Å². The van der Waals surface area contributed by atoms with Crippen LogP contribution in [-0.4, -0.2) is 25.1 Å². The molecular weight excluding hydrogens is 427 g/mol. The van der Waals surface area contributed by atoms with Crippen LogP contribution < -0.4 is 10.1 Å². The molecule has 30 heavy (non-hydrogen) atoms. The first-order valence-corrected chi connectivity index (χ1v) is 11.1. The number of fused-ring (bicyclic) bond motifs is 1. The quantitative estimate of drug-likeness (QED) is 0.446. The summed E-state index contributed by atoms with van der Waals surface area (Å²) in [7, 11) is -0.990. The zero-order chi connectivity index (χ0) is 21.1. The van der Waals surface area contributed by atoms with Crippen molar-refractivity contribution in [2.75, 3.05) is 11.6 Å². The molecule has 2 heterocycles. The first-order chi connectivity index (χ1) is 14.5. The number of ether oxygens (including phenoxy) is 1. The second-order valence-corrected chi connectivity index (χ2v) is 8.49. The van der Waals surface area contributed by atoms with Gasteiger partial charge in [-0.15, -0.1) is 0 Å². The summed E-state index contributed by atoms with van der Waals surface area (Å²) in [5.74, 6) is 1.17. The second-order valence-electron chi connectivity index (χ2n) is 6.65. The van der Waals surface area contributed by atoms with Crippen molar-refractivity contribution < 1.29 is 13.3 Å². The van der Waals surface area contributed by atoms with Crippen LogP contribution >= 0.6 is 11.6 Å². The number of rotatable bonds is 7. The van der Waals surface area contributed by atoms with E-state index < -0.39 is 10.8 Å². The summed E-state index contributed by atoms with van der Waals surface area (Å²) >= 11 is 6.37. The van der Waals surface area contributed by atoms with E-state index in [9.17, 15) is 8.60 Å². The molecule has 0 spiro atoms. The van der Waals surface area contributed by atoms with Crippen LogP contribution in [0.2, 0.25) is 5.02 Å². The summed E-state index contributed by atoms with van der Waals surface area (Å²) in [5.41, 5.74) is 3.07. The number of aromatic nitrogens is 3. The molecule has 0 aliphatic carbocycles. The van der Waals surface area contributed by atoms with Crippen LogP contribution in [0.4, 0.5) is 15.9 Å². The number of nitrogens with one attached hydrogen (secondary N) is 1. The Kier molecular flexibility index (Phi) is 5.96. The van der Waals surface area contributed by atoms with Gasteiger partial charge in [0.25, 0.3) is 0 Å². The number of halogens is 2. The number of benzene rings is 2. The zero-order valence-electron chi connectivity index (χ0n) is 16.0. The molecule has 4 rings (SSSR count).